The van der Waals surface area contributed by atoms with Crippen LogP contribution in [0.2, 0.25) is 0 Å². The first-order chi connectivity index (χ1) is 21.4. The molecule has 0 aliphatic carbocycles. The smallest absolute Gasteiger partial charge is 0.416 e. The van der Waals surface area contributed by atoms with Gasteiger partial charge in [0.15, 0.2) is 0 Å². The number of benzene rings is 4. The summed E-state index contributed by atoms with van der Waals surface area (Å²) in [7, 11) is 0. The predicted molar refractivity (Wildman–Crippen MR) is 151 cm³/mol. The van der Waals surface area contributed by atoms with Gasteiger partial charge in [-0.1, -0.05) is 51.1 Å². The van der Waals surface area contributed by atoms with Gasteiger partial charge in [0.2, 0.25) is 0 Å². The Labute approximate surface area is 260 Å². The Morgan fingerprint density at radius 3 is 1.23 bits per heavy atom. The van der Waals surface area contributed by atoms with Crippen molar-refractivity contribution in [1.29, 1.82) is 0 Å². The fourth-order valence-electron chi connectivity index (χ4n) is 4.77. The average Bonchev–Trinajstić information content (AvgIpc) is 2.93. The van der Waals surface area contributed by atoms with Crippen LogP contribution in [0.15, 0.2) is 77.8 Å². The lowest BCUT2D eigenvalue weighted by Gasteiger charge is -2.21. The van der Waals surface area contributed by atoms with Crippen LogP contribution in [0.1, 0.15) is 54.2 Å². The van der Waals surface area contributed by atoms with Crippen LogP contribution in [0.5, 0.6) is 5.75 Å². The van der Waals surface area contributed by atoms with Gasteiger partial charge in [-0.25, -0.2) is 0 Å². The molecule has 47 heavy (non-hydrogen) atoms. The van der Waals surface area contributed by atoms with Crippen LogP contribution in [-0.2, 0) is 30.1 Å². The molecule has 0 unspecified atom stereocenters. The zero-order chi connectivity index (χ0) is 35.3. The molecule has 0 atom stereocenters. The molecule has 1 N–H and O–H groups in total. The van der Waals surface area contributed by atoms with E-state index in [1.165, 1.54) is 12.1 Å². The lowest BCUT2D eigenvalue weighted by molar-refractivity contribution is -0.144. The number of aliphatic imine (C=N–C) groups is 1. The highest BCUT2D eigenvalue weighted by atomic mass is 19.4. The first-order valence-electron chi connectivity index (χ1n) is 13.5. The SMILES string of the molecule is CC(C)(C)c1cccc(C=Nc2c(-c3cc(C(F)(F)F)cc(C(F)(F)F)c3)cccc2-c2cc(C(F)(F)F)cc(C(F)(F)F)c2)c1O. The van der Waals surface area contributed by atoms with Gasteiger partial charge in [0.1, 0.15) is 5.75 Å². The molecule has 0 spiro atoms. The highest BCUT2D eigenvalue weighted by Crippen LogP contribution is 2.46. The second kappa shape index (κ2) is 11.9. The van der Waals surface area contributed by atoms with E-state index in [1.54, 1.807) is 26.8 Å². The average molecular weight is 678 g/mol. The third kappa shape index (κ3) is 7.91. The summed E-state index contributed by atoms with van der Waals surface area (Å²) in [5.41, 5.74) is -10.0. The van der Waals surface area contributed by atoms with Crippen molar-refractivity contribution < 1.29 is 57.8 Å². The molecular weight excluding hydrogens is 654 g/mol. The number of nitrogens with zero attached hydrogens (tertiary/aromatic N) is 1. The molecule has 14 heteroatoms. The number of aromatic hydroxyl groups is 1. The number of halogens is 12. The largest absolute Gasteiger partial charge is 0.507 e. The predicted octanol–water partition coefficient (Wildman–Crippen LogP) is 11.8. The molecule has 2 nitrogen and oxygen atoms in total. The van der Waals surface area contributed by atoms with E-state index < -0.39 is 80.3 Å². The maximum Gasteiger partial charge on any atom is 0.416 e. The van der Waals surface area contributed by atoms with E-state index >= 15 is 0 Å². The second-order valence-electron chi connectivity index (χ2n) is 11.5. The van der Waals surface area contributed by atoms with Gasteiger partial charge in [-0.2, -0.15) is 52.7 Å². The van der Waals surface area contributed by atoms with Crippen molar-refractivity contribution in [2.45, 2.75) is 50.9 Å². The van der Waals surface area contributed by atoms with Crippen molar-refractivity contribution in [3.8, 4) is 28.0 Å². The summed E-state index contributed by atoms with van der Waals surface area (Å²) in [5.74, 6) is -0.306. The highest BCUT2D eigenvalue weighted by Gasteiger charge is 2.39. The first kappa shape index (κ1) is 35.4. The summed E-state index contributed by atoms with van der Waals surface area (Å²) in [4.78, 5) is 4.17. The number of alkyl halides is 12. The van der Waals surface area contributed by atoms with Gasteiger partial charge in [-0.05, 0) is 64.6 Å². The molecule has 4 aromatic carbocycles. The molecule has 0 fully saturated rings. The van der Waals surface area contributed by atoms with Crippen molar-refractivity contribution in [2.24, 2.45) is 4.99 Å². The first-order valence-corrected chi connectivity index (χ1v) is 13.5. The summed E-state index contributed by atoms with van der Waals surface area (Å²) in [5, 5.41) is 10.9. The maximum absolute atomic E-state index is 13.7. The van der Waals surface area contributed by atoms with Gasteiger partial charge in [-0.3, -0.25) is 4.99 Å². The lowest BCUT2D eigenvalue weighted by atomic mass is 9.85. The van der Waals surface area contributed by atoms with Crippen molar-refractivity contribution >= 4 is 11.9 Å². The molecular formula is C33H23F12NO. The van der Waals surface area contributed by atoms with Crippen LogP contribution in [0, 0.1) is 0 Å². The molecule has 0 heterocycles. The summed E-state index contributed by atoms with van der Waals surface area (Å²) in [6, 6.07) is 8.72. The zero-order valence-corrected chi connectivity index (χ0v) is 24.4. The quantitative estimate of drug-likeness (QED) is 0.169. The number of phenols is 1. The van der Waals surface area contributed by atoms with Gasteiger partial charge in [0.05, 0.1) is 27.9 Å². The van der Waals surface area contributed by atoms with Gasteiger partial charge in [0.25, 0.3) is 0 Å². The summed E-state index contributed by atoms with van der Waals surface area (Å²) >= 11 is 0. The van der Waals surface area contributed by atoms with Crippen molar-refractivity contribution in [2.75, 3.05) is 0 Å². The minimum Gasteiger partial charge on any atom is -0.507 e. The van der Waals surface area contributed by atoms with Gasteiger partial charge < -0.3 is 5.11 Å². The third-order valence-electron chi connectivity index (χ3n) is 7.04. The van der Waals surface area contributed by atoms with Crippen molar-refractivity contribution in [3.63, 3.8) is 0 Å². The molecule has 0 radical (unpaired) electrons. The molecule has 250 valence electrons. The van der Waals surface area contributed by atoms with Crippen LogP contribution in [0.25, 0.3) is 22.3 Å². The van der Waals surface area contributed by atoms with Crippen LogP contribution in [-0.4, -0.2) is 11.3 Å². The molecule has 0 amide bonds. The van der Waals surface area contributed by atoms with Crippen molar-refractivity contribution in [3.05, 3.63) is 106 Å². The Hall–Kier alpha value is -4.49. The molecule has 0 saturated heterocycles. The van der Waals surface area contributed by atoms with Crippen LogP contribution in [0.3, 0.4) is 0 Å². The molecule has 4 rings (SSSR count). The Balaban J connectivity index is 2.11. The Kier molecular flexibility index (Phi) is 8.99. The number of phenolic OH excluding ortho intramolecular Hbond substituents is 1. The number of hydrogen-bond donors (Lipinski definition) is 1. The van der Waals surface area contributed by atoms with E-state index in [4.69, 9.17) is 0 Å². The fourth-order valence-corrected chi connectivity index (χ4v) is 4.77. The number of para-hydroxylation sites is 2. The topological polar surface area (TPSA) is 32.6 Å². The van der Waals surface area contributed by atoms with E-state index in [9.17, 15) is 57.8 Å². The standard InChI is InChI=1S/C33H23F12NO/c1-29(2,3)26-9-4-6-17(28(26)47)16-46-27-24(18-10-20(30(34,35)36)14-21(11-18)31(37,38)39)7-5-8-25(27)19-12-22(32(40,41)42)15-23(13-19)33(43,44)45/h4-16,47H,1-3H3. The lowest BCUT2D eigenvalue weighted by Crippen LogP contribution is -2.12. The van der Waals surface area contributed by atoms with E-state index in [0.717, 1.165) is 24.4 Å². The maximum atomic E-state index is 13.7. The van der Waals surface area contributed by atoms with E-state index in [2.05, 4.69) is 4.99 Å². The molecule has 4 aromatic rings. The fraction of sp³-hybridized carbons (Fsp3) is 0.242. The van der Waals surface area contributed by atoms with Gasteiger partial charge in [-0.15, -0.1) is 0 Å². The highest BCUT2D eigenvalue weighted by molar-refractivity contribution is 5.94. The van der Waals surface area contributed by atoms with E-state index in [-0.39, 0.29) is 23.4 Å². The summed E-state index contributed by atoms with van der Waals surface area (Å²) in [6.45, 7) is 5.27. The number of hydrogen-bond acceptors (Lipinski definition) is 2. The monoisotopic (exact) mass is 677 g/mol. The van der Waals surface area contributed by atoms with Gasteiger partial charge >= 0.3 is 24.7 Å². The molecule has 0 aliphatic heterocycles. The Morgan fingerprint density at radius 2 is 0.894 bits per heavy atom. The zero-order valence-electron chi connectivity index (χ0n) is 24.4. The van der Waals surface area contributed by atoms with Crippen LogP contribution < -0.4 is 0 Å². The summed E-state index contributed by atoms with van der Waals surface area (Å²) < 4.78 is 165. The van der Waals surface area contributed by atoms with Crippen molar-refractivity contribution in [1.82, 2.24) is 0 Å². The Bertz CT molecular complexity index is 1660. The molecule has 0 bridgehead atoms. The van der Waals surface area contributed by atoms with Crippen LogP contribution in [0.4, 0.5) is 58.4 Å². The normalized spacial score (nSPS) is 13.4. The minimum absolute atomic E-state index is 0.00164. The third-order valence-corrected chi connectivity index (χ3v) is 7.04. The number of rotatable bonds is 4. The minimum atomic E-state index is -5.26. The van der Waals surface area contributed by atoms with Gasteiger partial charge in [0, 0.05) is 22.9 Å². The Morgan fingerprint density at radius 1 is 0.532 bits per heavy atom. The summed E-state index contributed by atoms with van der Waals surface area (Å²) in [6.07, 6.45) is -20.1. The molecule has 0 aliphatic rings. The van der Waals surface area contributed by atoms with E-state index in [1.807, 2.05) is 0 Å². The second-order valence-corrected chi connectivity index (χ2v) is 11.5. The van der Waals surface area contributed by atoms with E-state index in [0.29, 0.717) is 29.8 Å². The molecule has 0 saturated carbocycles. The van der Waals surface area contributed by atoms with Crippen LogP contribution >= 0.6 is 0 Å². The molecule has 0 aromatic heterocycles.